The summed E-state index contributed by atoms with van der Waals surface area (Å²) in [5.74, 6) is 0.191. The van der Waals surface area contributed by atoms with E-state index in [1.54, 1.807) is 45.3 Å². The van der Waals surface area contributed by atoms with E-state index in [4.69, 9.17) is 14.7 Å². The maximum atomic E-state index is 13.8. The topological polar surface area (TPSA) is 62.6 Å². The lowest BCUT2D eigenvalue weighted by Gasteiger charge is -2.18. The number of benzene rings is 2. The van der Waals surface area contributed by atoms with Crippen LogP contribution >= 0.6 is 0 Å². The zero-order valence-electron chi connectivity index (χ0n) is 13.6. The highest BCUT2D eigenvalue weighted by molar-refractivity contribution is 5.80. The Morgan fingerprint density at radius 1 is 1.17 bits per heavy atom. The molecule has 2 aromatic rings. The second-order valence-corrected chi connectivity index (χ2v) is 5.32. The molecule has 5 nitrogen and oxygen atoms in total. The van der Waals surface area contributed by atoms with Gasteiger partial charge in [-0.2, -0.15) is 5.26 Å². The summed E-state index contributed by atoms with van der Waals surface area (Å²) >= 11 is 0. The summed E-state index contributed by atoms with van der Waals surface area (Å²) in [6, 6.07) is 12.3. The van der Waals surface area contributed by atoms with Crippen molar-refractivity contribution in [1.82, 2.24) is 4.90 Å². The summed E-state index contributed by atoms with van der Waals surface area (Å²) < 4.78 is 24.8. The van der Waals surface area contributed by atoms with E-state index >= 15 is 0 Å². The highest BCUT2D eigenvalue weighted by atomic mass is 19.1. The number of nitriles is 1. The Morgan fingerprint density at radius 2 is 1.79 bits per heavy atom. The minimum absolute atomic E-state index is 0.0267. The van der Waals surface area contributed by atoms with E-state index in [2.05, 4.69) is 0 Å². The zero-order chi connectivity index (χ0) is 17.7. The van der Waals surface area contributed by atoms with E-state index in [1.165, 1.54) is 17.0 Å². The first-order valence-electron chi connectivity index (χ1n) is 7.26. The molecule has 0 fully saturated rings. The lowest BCUT2D eigenvalue weighted by atomic mass is 10.2. The molecule has 0 aromatic heterocycles. The van der Waals surface area contributed by atoms with Gasteiger partial charge in [-0.1, -0.05) is 0 Å². The third-order valence-corrected chi connectivity index (χ3v) is 3.21. The van der Waals surface area contributed by atoms with Crippen LogP contribution in [0, 0.1) is 17.1 Å². The molecule has 0 N–H and O–H groups in total. The quantitative estimate of drug-likeness (QED) is 0.844. The molecule has 0 aliphatic carbocycles. The second-order valence-electron chi connectivity index (χ2n) is 5.32. The van der Waals surface area contributed by atoms with Crippen molar-refractivity contribution in [2.24, 2.45) is 0 Å². The fourth-order valence-electron chi connectivity index (χ4n) is 1.98. The third kappa shape index (κ3) is 4.23. The van der Waals surface area contributed by atoms with E-state index in [0.29, 0.717) is 11.5 Å². The van der Waals surface area contributed by atoms with Crippen molar-refractivity contribution in [3.63, 3.8) is 0 Å². The standard InChI is InChI=1S/C18H17FN2O3/c1-12(18(22)21(2)3)23-14-5-7-15(8-6-14)24-17-9-4-13(11-20)10-16(17)19/h4-10,12H,1-3H3. The molecule has 0 spiro atoms. The number of halogens is 1. The summed E-state index contributed by atoms with van der Waals surface area (Å²) in [6.07, 6.45) is -0.609. The SMILES string of the molecule is CC(Oc1ccc(Oc2ccc(C#N)cc2F)cc1)C(=O)N(C)C. The average Bonchev–Trinajstić information content (AvgIpc) is 2.57. The number of ether oxygens (including phenoxy) is 2. The molecule has 0 saturated heterocycles. The molecule has 1 unspecified atom stereocenters. The maximum absolute atomic E-state index is 13.8. The van der Waals surface area contributed by atoms with Gasteiger partial charge >= 0.3 is 0 Å². The van der Waals surface area contributed by atoms with E-state index in [0.717, 1.165) is 6.07 Å². The number of hydrogen-bond donors (Lipinski definition) is 0. The largest absolute Gasteiger partial charge is 0.481 e. The molecule has 0 radical (unpaired) electrons. The van der Waals surface area contributed by atoms with Crippen LogP contribution in [0.2, 0.25) is 0 Å². The van der Waals surface area contributed by atoms with Crippen LogP contribution in [0.5, 0.6) is 17.2 Å². The van der Waals surface area contributed by atoms with Gasteiger partial charge in [-0.3, -0.25) is 4.79 Å². The Labute approximate surface area is 139 Å². The van der Waals surface area contributed by atoms with Crippen LogP contribution in [0.25, 0.3) is 0 Å². The van der Waals surface area contributed by atoms with Gasteiger partial charge in [0.25, 0.3) is 5.91 Å². The van der Waals surface area contributed by atoms with Crippen molar-refractivity contribution in [3.05, 3.63) is 53.8 Å². The smallest absolute Gasteiger partial charge is 0.262 e. The zero-order valence-corrected chi connectivity index (χ0v) is 13.6. The van der Waals surface area contributed by atoms with Crippen LogP contribution in [0.4, 0.5) is 4.39 Å². The molecule has 2 rings (SSSR count). The first-order valence-corrected chi connectivity index (χ1v) is 7.26. The molecule has 0 bridgehead atoms. The van der Waals surface area contributed by atoms with Crippen LogP contribution < -0.4 is 9.47 Å². The molecular weight excluding hydrogens is 311 g/mol. The Balaban J connectivity index is 2.05. The molecule has 0 heterocycles. The molecule has 0 saturated carbocycles. The Hall–Kier alpha value is -3.07. The normalized spacial score (nSPS) is 11.3. The summed E-state index contributed by atoms with van der Waals surface area (Å²) in [7, 11) is 3.32. The Bertz CT molecular complexity index is 767. The molecule has 124 valence electrons. The summed E-state index contributed by atoms with van der Waals surface area (Å²) in [6.45, 7) is 1.67. The number of rotatable bonds is 5. The van der Waals surface area contributed by atoms with Crippen molar-refractivity contribution >= 4 is 5.91 Å². The van der Waals surface area contributed by atoms with Crippen molar-refractivity contribution in [2.45, 2.75) is 13.0 Å². The van der Waals surface area contributed by atoms with Crippen LogP contribution in [0.1, 0.15) is 12.5 Å². The number of amides is 1. The van der Waals surface area contributed by atoms with Gasteiger partial charge in [-0.15, -0.1) is 0 Å². The lowest BCUT2D eigenvalue weighted by Crippen LogP contribution is -2.35. The molecule has 0 aliphatic rings. The number of carbonyl (C=O) groups is 1. The number of carbonyl (C=O) groups excluding carboxylic acids is 1. The third-order valence-electron chi connectivity index (χ3n) is 3.21. The fourth-order valence-corrected chi connectivity index (χ4v) is 1.98. The van der Waals surface area contributed by atoms with Crippen molar-refractivity contribution < 1.29 is 18.7 Å². The van der Waals surface area contributed by atoms with Gasteiger partial charge in [-0.05, 0) is 49.4 Å². The Kier molecular flexibility index (Phi) is 5.38. The molecule has 6 heteroatoms. The van der Waals surface area contributed by atoms with E-state index in [9.17, 15) is 9.18 Å². The predicted molar refractivity (Wildman–Crippen MR) is 86.4 cm³/mol. The number of likely N-dealkylation sites (N-methyl/N-ethyl adjacent to an activating group) is 1. The lowest BCUT2D eigenvalue weighted by molar-refractivity contribution is -0.135. The predicted octanol–water partition coefficient (Wildman–Crippen LogP) is 3.35. The molecule has 1 amide bonds. The van der Waals surface area contributed by atoms with E-state index < -0.39 is 11.9 Å². The monoisotopic (exact) mass is 328 g/mol. The van der Waals surface area contributed by atoms with Crippen LogP contribution in [-0.4, -0.2) is 31.0 Å². The van der Waals surface area contributed by atoms with Gasteiger partial charge in [-0.25, -0.2) is 4.39 Å². The number of hydrogen-bond acceptors (Lipinski definition) is 4. The van der Waals surface area contributed by atoms with Crippen LogP contribution in [-0.2, 0) is 4.79 Å². The van der Waals surface area contributed by atoms with Crippen molar-refractivity contribution in [3.8, 4) is 23.3 Å². The summed E-state index contributed by atoms with van der Waals surface area (Å²) in [4.78, 5) is 13.2. The highest BCUT2D eigenvalue weighted by Gasteiger charge is 2.16. The van der Waals surface area contributed by atoms with Crippen molar-refractivity contribution in [2.75, 3.05) is 14.1 Å². The van der Waals surface area contributed by atoms with Crippen molar-refractivity contribution in [1.29, 1.82) is 5.26 Å². The van der Waals surface area contributed by atoms with Gasteiger partial charge in [0.2, 0.25) is 0 Å². The molecule has 0 aliphatic heterocycles. The van der Waals surface area contributed by atoms with Gasteiger partial charge in [0.15, 0.2) is 17.7 Å². The van der Waals surface area contributed by atoms with Gasteiger partial charge in [0, 0.05) is 14.1 Å². The Morgan fingerprint density at radius 3 is 2.33 bits per heavy atom. The first-order chi connectivity index (χ1) is 11.4. The van der Waals surface area contributed by atoms with Crippen LogP contribution in [0.3, 0.4) is 0 Å². The average molecular weight is 328 g/mol. The molecule has 1 atom stereocenters. The minimum Gasteiger partial charge on any atom is -0.481 e. The number of nitrogens with zero attached hydrogens (tertiary/aromatic N) is 2. The summed E-state index contributed by atoms with van der Waals surface area (Å²) in [5.41, 5.74) is 0.225. The van der Waals surface area contributed by atoms with Gasteiger partial charge < -0.3 is 14.4 Å². The fraction of sp³-hybridized carbons (Fsp3) is 0.222. The van der Waals surface area contributed by atoms with Gasteiger partial charge in [0.05, 0.1) is 11.6 Å². The second kappa shape index (κ2) is 7.47. The first kappa shape index (κ1) is 17.3. The molecular formula is C18H17FN2O3. The summed E-state index contributed by atoms with van der Waals surface area (Å²) in [5, 5.41) is 8.72. The maximum Gasteiger partial charge on any atom is 0.262 e. The van der Waals surface area contributed by atoms with Gasteiger partial charge in [0.1, 0.15) is 11.5 Å². The molecule has 2 aromatic carbocycles. The molecule has 24 heavy (non-hydrogen) atoms. The van der Waals surface area contributed by atoms with E-state index in [1.807, 2.05) is 6.07 Å². The van der Waals surface area contributed by atoms with E-state index in [-0.39, 0.29) is 17.2 Å². The van der Waals surface area contributed by atoms with Crippen LogP contribution in [0.15, 0.2) is 42.5 Å². The highest BCUT2D eigenvalue weighted by Crippen LogP contribution is 2.27. The minimum atomic E-state index is -0.612.